The molecule has 6 rings (SSSR count). The summed E-state index contributed by atoms with van der Waals surface area (Å²) < 4.78 is 29.5. The number of hydrogen-bond donors (Lipinski definition) is 1. The predicted octanol–water partition coefficient (Wildman–Crippen LogP) is 4.20. The van der Waals surface area contributed by atoms with Crippen molar-refractivity contribution in [2.45, 2.75) is 25.1 Å². The molecule has 12 heteroatoms. The summed E-state index contributed by atoms with van der Waals surface area (Å²) in [5.74, 6) is -1.78. The van der Waals surface area contributed by atoms with E-state index in [1.54, 1.807) is 49.6 Å². The van der Waals surface area contributed by atoms with Crippen molar-refractivity contribution >= 4 is 29.2 Å². The van der Waals surface area contributed by atoms with Crippen LogP contribution in [-0.2, 0) is 28.8 Å². The SMILES string of the molecule is COc1ccc(CN2C(=O)c3cc(C(=O)c4cnn(C)c4)cc(F)c3[C@]2(OCNC(=O)C2CC2)c2ccc(Cl)cc2)cn1. The first-order valence-electron chi connectivity index (χ1n) is 13.6. The zero-order chi connectivity index (χ0) is 30.3. The first-order valence-corrected chi connectivity index (χ1v) is 13.9. The van der Waals surface area contributed by atoms with Crippen molar-refractivity contribution in [2.24, 2.45) is 13.0 Å². The van der Waals surface area contributed by atoms with Gasteiger partial charge in [0.2, 0.25) is 17.5 Å². The molecular weight excluding hydrogens is 577 g/mol. The molecule has 0 bridgehead atoms. The topological polar surface area (TPSA) is 116 Å². The lowest BCUT2D eigenvalue weighted by atomic mass is 9.90. The van der Waals surface area contributed by atoms with E-state index in [0.717, 1.165) is 18.9 Å². The van der Waals surface area contributed by atoms with Gasteiger partial charge in [0.05, 0.1) is 36.5 Å². The number of nitrogens with zero attached hydrogens (tertiary/aromatic N) is 4. The largest absolute Gasteiger partial charge is 0.481 e. The van der Waals surface area contributed by atoms with Gasteiger partial charge in [-0.1, -0.05) is 29.8 Å². The molecule has 2 aliphatic rings. The van der Waals surface area contributed by atoms with E-state index < -0.39 is 23.2 Å². The number of hydrogen-bond acceptors (Lipinski definition) is 7. The van der Waals surface area contributed by atoms with Crippen LogP contribution in [0.4, 0.5) is 4.39 Å². The fourth-order valence-electron chi connectivity index (χ4n) is 5.28. The maximum atomic E-state index is 16.4. The van der Waals surface area contributed by atoms with Crippen LogP contribution in [-0.4, -0.2) is 51.1 Å². The maximum absolute atomic E-state index is 16.4. The zero-order valence-corrected chi connectivity index (χ0v) is 24.1. The number of carbonyl (C=O) groups is 3. The third kappa shape index (κ3) is 5.26. The van der Waals surface area contributed by atoms with Crippen molar-refractivity contribution in [3.8, 4) is 5.88 Å². The smallest absolute Gasteiger partial charge is 0.257 e. The Labute approximate surface area is 251 Å². The van der Waals surface area contributed by atoms with Gasteiger partial charge < -0.3 is 14.8 Å². The number of nitrogens with one attached hydrogen (secondary N) is 1. The molecule has 4 aromatic rings. The van der Waals surface area contributed by atoms with Crippen LogP contribution >= 0.6 is 11.6 Å². The van der Waals surface area contributed by atoms with Crippen LogP contribution in [0.2, 0.25) is 5.02 Å². The van der Waals surface area contributed by atoms with E-state index in [-0.39, 0.29) is 47.4 Å². The Kier molecular flexibility index (Phi) is 7.45. The molecule has 0 spiro atoms. The van der Waals surface area contributed by atoms with Crippen LogP contribution in [0, 0.1) is 11.7 Å². The summed E-state index contributed by atoms with van der Waals surface area (Å²) in [5, 5.41) is 7.21. The molecule has 1 aliphatic carbocycles. The van der Waals surface area contributed by atoms with E-state index in [4.69, 9.17) is 21.1 Å². The molecule has 1 fully saturated rings. The summed E-state index contributed by atoms with van der Waals surface area (Å²) in [6, 6.07) is 12.3. The molecule has 1 aliphatic heterocycles. The zero-order valence-electron chi connectivity index (χ0n) is 23.3. The van der Waals surface area contributed by atoms with Gasteiger partial charge in [-0.05, 0) is 42.7 Å². The number of pyridine rings is 1. The first-order chi connectivity index (χ1) is 20.7. The summed E-state index contributed by atoms with van der Waals surface area (Å²) in [7, 11) is 3.15. The average Bonchev–Trinajstić information content (AvgIpc) is 3.73. The fourth-order valence-corrected chi connectivity index (χ4v) is 5.41. The van der Waals surface area contributed by atoms with Gasteiger partial charge >= 0.3 is 0 Å². The van der Waals surface area contributed by atoms with E-state index in [0.29, 0.717) is 22.0 Å². The summed E-state index contributed by atoms with van der Waals surface area (Å²) in [6.07, 6.45) is 6.01. The second kappa shape index (κ2) is 11.2. The van der Waals surface area contributed by atoms with Crippen LogP contribution < -0.4 is 10.1 Å². The van der Waals surface area contributed by atoms with E-state index >= 15 is 4.39 Å². The molecule has 1 atom stereocenters. The minimum Gasteiger partial charge on any atom is -0.481 e. The Bertz CT molecular complexity index is 1720. The maximum Gasteiger partial charge on any atom is 0.257 e. The Morgan fingerprint density at radius 1 is 1.12 bits per heavy atom. The highest BCUT2D eigenvalue weighted by atomic mass is 35.5. The van der Waals surface area contributed by atoms with Crippen LogP contribution in [0.25, 0.3) is 0 Å². The normalized spacial score (nSPS) is 17.6. The molecule has 0 saturated heterocycles. The summed E-state index contributed by atoms with van der Waals surface area (Å²) in [6.45, 7) is -0.354. The molecule has 1 saturated carbocycles. The molecule has 2 amide bonds. The monoisotopic (exact) mass is 603 g/mol. The van der Waals surface area contributed by atoms with Gasteiger partial charge in [0, 0.05) is 47.6 Å². The van der Waals surface area contributed by atoms with Crippen molar-refractivity contribution < 1.29 is 28.2 Å². The second-order valence-electron chi connectivity index (χ2n) is 10.5. The number of aryl methyl sites for hydroxylation is 1. The standard InChI is InChI=1S/C31H27ClFN5O5/c1-37-16-21(14-36-37)28(39)20-11-24-27(25(33)12-20)31(22-6-8-23(32)9-7-22,43-17-35-29(40)19-4-5-19)38(30(24)41)15-18-3-10-26(42-2)34-13-18/h3,6-14,16,19H,4-5,15,17H2,1-2H3,(H,35,40)/t31-/m1/s1. The number of methoxy groups -OCH3 is 1. The number of amides is 2. The van der Waals surface area contributed by atoms with Crippen LogP contribution in [0.5, 0.6) is 5.88 Å². The molecule has 0 unspecified atom stereocenters. The number of benzene rings is 2. The van der Waals surface area contributed by atoms with Gasteiger partial charge in [0.25, 0.3) is 5.91 Å². The molecular formula is C31H27ClFN5O5. The van der Waals surface area contributed by atoms with Gasteiger partial charge in [0.1, 0.15) is 12.5 Å². The van der Waals surface area contributed by atoms with Crippen molar-refractivity contribution in [3.05, 3.63) is 111 Å². The van der Waals surface area contributed by atoms with Crippen LogP contribution in [0.15, 0.2) is 67.1 Å². The fraction of sp³-hybridized carbons (Fsp3) is 0.258. The average molecular weight is 604 g/mol. The molecule has 220 valence electrons. The van der Waals surface area contributed by atoms with Crippen molar-refractivity contribution in [3.63, 3.8) is 0 Å². The van der Waals surface area contributed by atoms with Gasteiger partial charge in [0.15, 0.2) is 5.78 Å². The van der Waals surface area contributed by atoms with Gasteiger partial charge in [-0.15, -0.1) is 0 Å². The van der Waals surface area contributed by atoms with Gasteiger partial charge in [-0.3, -0.25) is 24.0 Å². The van der Waals surface area contributed by atoms with Crippen molar-refractivity contribution in [1.29, 1.82) is 0 Å². The summed E-state index contributed by atoms with van der Waals surface area (Å²) in [5.41, 5.74) is -0.710. The molecule has 2 aromatic heterocycles. The number of carbonyl (C=O) groups excluding carboxylic acids is 3. The minimum absolute atomic E-state index is 0.0161. The Morgan fingerprint density at radius 2 is 1.88 bits per heavy atom. The lowest BCUT2D eigenvalue weighted by molar-refractivity contribution is -0.136. The van der Waals surface area contributed by atoms with Crippen molar-refractivity contribution in [2.75, 3.05) is 13.8 Å². The highest BCUT2D eigenvalue weighted by Gasteiger charge is 2.54. The van der Waals surface area contributed by atoms with E-state index in [1.807, 2.05) is 0 Å². The third-order valence-corrected chi connectivity index (χ3v) is 7.82. The summed E-state index contributed by atoms with van der Waals surface area (Å²) >= 11 is 6.21. The lowest BCUT2D eigenvalue weighted by Crippen LogP contribution is -2.48. The highest BCUT2D eigenvalue weighted by Crippen LogP contribution is 2.48. The minimum atomic E-state index is -1.83. The number of ether oxygens (including phenoxy) is 2. The molecule has 10 nitrogen and oxygen atoms in total. The van der Waals surface area contributed by atoms with E-state index in [9.17, 15) is 14.4 Å². The second-order valence-corrected chi connectivity index (χ2v) is 10.9. The molecule has 2 aromatic carbocycles. The van der Waals surface area contributed by atoms with Crippen LogP contribution in [0.3, 0.4) is 0 Å². The Hall–Kier alpha value is -4.61. The Morgan fingerprint density at radius 3 is 2.51 bits per heavy atom. The number of halogens is 2. The quantitative estimate of drug-likeness (QED) is 0.213. The van der Waals surface area contributed by atoms with E-state index in [1.165, 1.54) is 35.2 Å². The summed E-state index contributed by atoms with van der Waals surface area (Å²) in [4.78, 5) is 45.7. The Balaban J connectivity index is 1.50. The molecule has 1 N–H and O–H groups in total. The van der Waals surface area contributed by atoms with Crippen LogP contribution in [0.1, 0.15) is 55.8 Å². The number of aromatic nitrogens is 3. The molecule has 0 radical (unpaired) electrons. The van der Waals surface area contributed by atoms with E-state index in [2.05, 4.69) is 15.4 Å². The molecule has 43 heavy (non-hydrogen) atoms. The third-order valence-electron chi connectivity index (χ3n) is 7.57. The predicted molar refractivity (Wildman–Crippen MR) is 153 cm³/mol. The molecule has 3 heterocycles. The highest BCUT2D eigenvalue weighted by molar-refractivity contribution is 6.30. The van der Waals surface area contributed by atoms with Gasteiger partial charge in [-0.2, -0.15) is 5.10 Å². The first kappa shape index (κ1) is 28.5. The number of fused-ring (bicyclic) bond motifs is 1. The number of rotatable bonds is 10. The lowest BCUT2D eigenvalue weighted by Gasteiger charge is -2.39. The van der Waals surface area contributed by atoms with Crippen molar-refractivity contribution in [1.82, 2.24) is 25.0 Å². The number of ketones is 1. The van der Waals surface area contributed by atoms with Gasteiger partial charge in [-0.25, -0.2) is 9.37 Å².